The van der Waals surface area contributed by atoms with Crippen molar-refractivity contribution < 1.29 is 14.7 Å². The maximum absolute atomic E-state index is 12.1. The third-order valence-electron chi connectivity index (χ3n) is 7.59. The number of nitrogens with zero attached hydrogens (tertiary/aromatic N) is 2. The van der Waals surface area contributed by atoms with E-state index in [9.17, 15) is 14.7 Å². The molecule has 4 aliphatic rings. The Balaban J connectivity index is 1.37. The van der Waals surface area contributed by atoms with Crippen molar-refractivity contribution in [2.24, 2.45) is 11.3 Å². The van der Waals surface area contributed by atoms with Crippen molar-refractivity contribution in [3.63, 3.8) is 0 Å². The lowest BCUT2D eigenvalue weighted by Gasteiger charge is -2.56. The summed E-state index contributed by atoms with van der Waals surface area (Å²) in [6.45, 7) is 4.55. The van der Waals surface area contributed by atoms with Crippen LogP contribution in [0.3, 0.4) is 0 Å². The van der Waals surface area contributed by atoms with Gasteiger partial charge in [0, 0.05) is 37.6 Å². The fourth-order valence-corrected chi connectivity index (χ4v) is 6.12. The molecule has 3 heterocycles. The first kappa shape index (κ1) is 18.2. The van der Waals surface area contributed by atoms with Gasteiger partial charge in [0.05, 0.1) is 12.0 Å². The molecule has 3 saturated heterocycles. The number of carboxylic acid groups (broad SMARTS) is 1. The van der Waals surface area contributed by atoms with Crippen molar-refractivity contribution in [1.82, 2.24) is 20.4 Å². The fourth-order valence-electron chi connectivity index (χ4n) is 6.12. The summed E-state index contributed by atoms with van der Waals surface area (Å²) in [6.07, 6.45) is 6.41. The number of hydrogen-bond acceptors (Lipinski definition) is 5. The van der Waals surface area contributed by atoms with Crippen LogP contribution in [0.1, 0.15) is 38.5 Å². The molecular formula is C19H32N4O3. The van der Waals surface area contributed by atoms with Crippen LogP contribution in [0, 0.1) is 11.3 Å². The van der Waals surface area contributed by atoms with Crippen LogP contribution in [0.15, 0.2) is 0 Å². The predicted octanol–water partition coefficient (Wildman–Crippen LogP) is 0.114. The van der Waals surface area contributed by atoms with Crippen molar-refractivity contribution in [3.05, 3.63) is 0 Å². The number of carboxylic acids is 1. The second-order valence-electron chi connectivity index (χ2n) is 8.59. The van der Waals surface area contributed by atoms with Gasteiger partial charge < -0.3 is 15.7 Å². The molecule has 1 spiro atoms. The Morgan fingerprint density at radius 1 is 1.15 bits per heavy atom. The Labute approximate surface area is 155 Å². The van der Waals surface area contributed by atoms with Crippen LogP contribution in [0.25, 0.3) is 0 Å². The van der Waals surface area contributed by atoms with E-state index in [0.29, 0.717) is 18.6 Å². The van der Waals surface area contributed by atoms with E-state index in [4.69, 9.17) is 0 Å². The highest BCUT2D eigenvalue weighted by Gasteiger charge is 2.59. The lowest BCUT2D eigenvalue weighted by atomic mass is 9.58. The van der Waals surface area contributed by atoms with E-state index in [0.717, 1.165) is 64.7 Å². The van der Waals surface area contributed by atoms with Gasteiger partial charge in [-0.15, -0.1) is 0 Å². The van der Waals surface area contributed by atoms with Gasteiger partial charge >= 0.3 is 5.97 Å². The molecule has 0 aromatic carbocycles. The summed E-state index contributed by atoms with van der Waals surface area (Å²) >= 11 is 0. The zero-order valence-electron chi connectivity index (χ0n) is 15.7. The van der Waals surface area contributed by atoms with Gasteiger partial charge in [0.2, 0.25) is 5.91 Å². The van der Waals surface area contributed by atoms with Gasteiger partial charge in [-0.05, 0) is 58.2 Å². The first-order valence-corrected chi connectivity index (χ1v) is 10.2. The largest absolute Gasteiger partial charge is 0.481 e. The normalized spacial score (nSPS) is 39.2. The van der Waals surface area contributed by atoms with Gasteiger partial charge in [-0.25, -0.2) is 0 Å². The third-order valence-corrected chi connectivity index (χ3v) is 7.59. The molecule has 3 N–H and O–H groups in total. The highest BCUT2D eigenvalue weighted by atomic mass is 16.4. The van der Waals surface area contributed by atoms with Crippen LogP contribution in [0.4, 0.5) is 0 Å². The maximum atomic E-state index is 12.1. The minimum atomic E-state index is -0.639. The quantitative estimate of drug-likeness (QED) is 0.657. The molecule has 0 aromatic heterocycles. The van der Waals surface area contributed by atoms with Crippen LogP contribution >= 0.6 is 0 Å². The van der Waals surface area contributed by atoms with E-state index in [1.165, 1.54) is 0 Å². The van der Waals surface area contributed by atoms with Crippen molar-refractivity contribution in [3.8, 4) is 0 Å². The minimum absolute atomic E-state index is 0.0435. The number of likely N-dealkylation sites (N-methyl/N-ethyl adjacent to an activating group) is 1. The molecule has 4 fully saturated rings. The number of carbonyl (C=O) groups is 2. The van der Waals surface area contributed by atoms with E-state index in [-0.39, 0.29) is 23.3 Å². The average Bonchev–Trinajstić information content (AvgIpc) is 3.29. The SMILES string of the molecule is CNC(=O)C1CCCN1C1CCN([C@H]2CCC23CNCC3C(=O)O)CC1. The summed E-state index contributed by atoms with van der Waals surface area (Å²) in [5, 5.41) is 15.8. The van der Waals surface area contributed by atoms with Gasteiger partial charge in [-0.2, -0.15) is 0 Å². The highest BCUT2D eigenvalue weighted by molar-refractivity contribution is 5.81. The summed E-state index contributed by atoms with van der Waals surface area (Å²) in [5.41, 5.74) is -0.0586. The van der Waals surface area contributed by atoms with Crippen LogP contribution in [-0.2, 0) is 9.59 Å². The van der Waals surface area contributed by atoms with Gasteiger partial charge in [-0.3, -0.25) is 19.4 Å². The molecule has 1 saturated carbocycles. The topological polar surface area (TPSA) is 84.9 Å². The summed E-state index contributed by atoms with van der Waals surface area (Å²) < 4.78 is 0. The van der Waals surface area contributed by atoms with Gasteiger partial charge in [0.1, 0.15) is 0 Å². The Kier molecular flexibility index (Phi) is 4.96. The van der Waals surface area contributed by atoms with Gasteiger partial charge in [0.25, 0.3) is 0 Å². The summed E-state index contributed by atoms with van der Waals surface area (Å²) in [7, 11) is 1.73. The first-order valence-electron chi connectivity index (χ1n) is 10.2. The molecule has 3 aliphatic heterocycles. The number of nitrogens with one attached hydrogen (secondary N) is 2. The molecule has 0 bridgehead atoms. The smallest absolute Gasteiger partial charge is 0.308 e. The number of amides is 1. The lowest BCUT2D eigenvalue weighted by molar-refractivity contribution is -0.152. The molecule has 7 nitrogen and oxygen atoms in total. The molecule has 1 amide bonds. The van der Waals surface area contributed by atoms with E-state index in [2.05, 4.69) is 20.4 Å². The average molecular weight is 364 g/mol. The van der Waals surface area contributed by atoms with Gasteiger partial charge in [0.15, 0.2) is 0 Å². The molecule has 1 aliphatic carbocycles. The lowest BCUT2D eigenvalue weighted by Crippen LogP contribution is -2.62. The Morgan fingerprint density at radius 3 is 2.54 bits per heavy atom. The fraction of sp³-hybridized carbons (Fsp3) is 0.895. The van der Waals surface area contributed by atoms with Crippen LogP contribution in [0.2, 0.25) is 0 Å². The van der Waals surface area contributed by atoms with Crippen molar-refractivity contribution in [2.75, 3.05) is 39.8 Å². The van der Waals surface area contributed by atoms with Gasteiger partial charge in [-0.1, -0.05) is 0 Å². The summed E-state index contributed by atoms with van der Waals surface area (Å²) in [5.74, 6) is -0.723. The van der Waals surface area contributed by atoms with Crippen molar-refractivity contribution in [1.29, 1.82) is 0 Å². The number of hydrogen-bond donors (Lipinski definition) is 3. The molecule has 146 valence electrons. The van der Waals surface area contributed by atoms with E-state index < -0.39 is 5.97 Å². The van der Waals surface area contributed by atoms with E-state index in [1.807, 2.05) is 0 Å². The van der Waals surface area contributed by atoms with E-state index in [1.54, 1.807) is 7.05 Å². The standard InChI is InChI=1S/C19H32N4O3/c1-20-17(24)15-3-2-8-23(15)13-5-9-22(10-6-13)16-4-7-19(16)12-21-11-14(19)18(25)26/h13-16,21H,2-12H2,1H3,(H,20,24)(H,25,26)/t14?,15?,16-,19?/m0/s1. The first-order chi connectivity index (χ1) is 12.6. The highest BCUT2D eigenvalue weighted by Crippen LogP contribution is 2.52. The van der Waals surface area contributed by atoms with Crippen molar-refractivity contribution in [2.45, 2.75) is 56.7 Å². The molecule has 0 radical (unpaired) electrons. The van der Waals surface area contributed by atoms with Crippen molar-refractivity contribution >= 4 is 11.9 Å². The maximum Gasteiger partial charge on any atom is 0.308 e. The molecule has 7 heteroatoms. The van der Waals surface area contributed by atoms with Crippen LogP contribution in [-0.4, -0.2) is 84.7 Å². The zero-order chi connectivity index (χ0) is 18.3. The molecular weight excluding hydrogens is 332 g/mol. The minimum Gasteiger partial charge on any atom is -0.481 e. The number of carbonyl (C=O) groups excluding carboxylic acids is 1. The Bertz CT molecular complexity index is 563. The molecule has 0 aromatic rings. The Hall–Kier alpha value is -1.18. The predicted molar refractivity (Wildman–Crippen MR) is 97.8 cm³/mol. The third kappa shape index (κ3) is 2.84. The molecule has 4 rings (SSSR count). The molecule has 26 heavy (non-hydrogen) atoms. The zero-order valence-corrected chi connectivity index (χ0v) is 15.7. The summed E-state index contributed by atoms with van der Waals surface area (Å²) in [4.78, 5) is 28.8. The number of aliphatic carboxylic acids is 1. The molecule has 4 atom stereocenters. The number of piperidine rings is 1. The number of rotatable bonds is 4. The second-order valence-corrected chi connectivity index (χ2v) is 8.59. The Morgan fingerprint density at radius 2 is 1.92 bits per heavy atom. The summed E-state index contributed by atoms with van der Waals surface area (Å²) in [6, 6.07) is 0.943. The number of likely N-dealkylation sites (tertiary alicyclic amines) is 2. The molecule has 3 unspecified atom stereocenters. The van der Waals surface area contributed by atoms with E-state index >= 15 is 0 Å². The second kappa shape index (κ2) is 7.09. The van der Waals surface area contributed by atoms with Crippen LogP contribution < -0.4 is 10.6 Å². The van der Waals surface area contributed by atoms with Crippen LogP contribution in [0.5, 0.6) is 0 Å². The monoisotopic (exact) mass is 364 g/mol.